The van der Waals surface area contributed by atoms with E-state index >= 15 is 0 Å². The van der Waals surface area contributed by atoms with Crippen molar-refractivity contribution in [2.24, 2.45) is 5.92 Å². The molecule has 1 saturated heterocycles. The Morgan fingerprint density at radius 2 is 1.96 bits per heavy atom. The van der Waals surface area contributed by atoms with Crippen LogP contribution in [0.15, 0.2) is 29.2 Å². The Balaban J connectivity index is 1.93. The number of carboxylic acid groups (broad SMARTS) is 1. The van der Waals surface area contributed by atoms with E-state index in [1.807, 2.05) is 19.1 Å². The van der Waals surface area contributed by atoms with Crippen molar-refractivity contribution in [1.29, 1.82) is 0 Å². The number of carboxylic acids is 1. The summed E-state index contributed by atoms with van der Waals surface area (Å²) in [6, 6.07) is 7.30. The van der Waals surface area contributed by atoms with E-state index in [4.69, 9.17) is 5.11 Å². The van der Waals surface area contributed by atoms with Crippen molar-refractivity contribution in [1.82, 2.24) is 4.90 Å². The summed E-state index contributed by atoms with van der Waals surface area (Å²) in [6.07, 6.45) is 1.36. The van der Waals surface area contributed by atoms with Crippen LogP contribution in [0.25, 0.3) is 0 Å². The molecule has 0 spiro atoms. The number of benzene rings is 1. The van der Waals surface area contributed by atoms with Gasteiger partial charge in [-0.3, -0.25) is 14.4 Å². The topological polar surface area (TPSA) is 86.7 Å². The lowest BCUT2D eigenvalue weighted by Crippen LogP contribution is -2.45. The Morgan fingerprint density at radius 3 is 2.54 bits per heavy atom. The number of piperidine rings is 1. The summed E-state index contributed by atoms with van der Waals surface area (Å²) in [5.74, 6) is -1.45. The Hall–Kier alpha value is -2.02. The molecule has 7 heteroatoms. The van der Waals surface area contributed by atoms with Crippen molar-refractivity contribution in [3.8, 4) is 0 Å². The van der Waals surface area contributed by atoms with Crippen LogP contribution in [0.4, 0.5) is 5.69 Å². The second-order valence-electron chi connectivity index (χ2n) is 5.93. The summed E-state index contributed by atoms with van der Waals surface area (Å²) in [7, 11) is 0. The first kappa shape index (κ1) is 18.3. The van der Waals surface area contributed by atoms with E-state index in [1.54, 1.807) is 17.0 Å². The van der Waals surface area contributed by atoms with Gasteiger partial charge in [0, 0.05) is 30.6 Å². The molecule has 0 aliphatic carbocycles. The van der Waals surface area contributed by atoms with Gasteiger partial charge in [-0.05, 0) is 44.0 Å². The van der Waals surface area contributed by atoms with E-state index in [1.165, 1.54) is 18.7 Å². The normalized spacial score (nSPS) is 18.8. The van der Waals surface area contributed by atoms with Gasteiger partial charge in [0.25, 0.3) is 0 Å². The fourth-order valence-electron chi connectivity index (χ4n) is 2.71. The average Bonchev–Trinajstić information content (AvgIpc) is 2.55. The minimum Gasteiger partial charge on any atom is -0.481 e. The van der Waals surface area contributed by atoms with E-state index in [-0.39, 0.29) is 17.1 Å². The summed E-state index contributed by atoms with van der Waals surface area (Å²) in [4.78, 5) is 37.2. The summed E-state index contributed by atoms with van der Waals surface area (Å²) in [5.41, 5.74) is 0.714. The highest BCUT2D eigenvalue weighted by Gasteiger charge is 2.30. The van der Waals surface area contributed by atoms with Crippen LogP contribution in [-0.2, 0) is 14.4 Å². The maximum absolute atomic E-state index is 12.5. The number of rotatable bonds is 5. The van der Waals surface area contributed by atoms with Crippen molar-refractivity contribution in [2.45, 2.75) is 36.8 Å². The zero-order valence-corrected chi connectivity index (χ0v) is 14.6. The highest BCUT2D eigenvalue weighted by atomic mass is 32.2. The Morgan fingerprint density at radius 1 is 1.29 bits per heavy atom. The maximum atomic E-state index is 12.5. The van der Waals surface area contributed by atoms with Crippen molar-refractivity contribution in [3.63, 3.8) is 0 Å². The molecule has 1 aliphatic rings. The zero-order chi connectivity index (χ0) is 17.7. The number of carbonyl (C=O) groups excluding carboxylic acids is 2. The Bertz CT molecular complexity index is 618. The molecule has 1 aromatic rings. The zero-order valence-electron chi connectivity index (χ0n) is 13.8. The molecule has 1 heterocycles. The van der Waals surface area contributed by atoms with Crippen LogP contribution >= 0.6 is 11.8 Å². The second kappa shape index (κ2) is 8.19. The minimum absolute atomic E-state index is 0.0307. The first-order valence-corrected chi connectivity index (χ1v) is 8.80. The van der Waals surface area contributed by atoms with Gasteiger partial charge < -0.3 is 15.3 Å². The number of carbonyl (C=O) groups is 3. The molecule has 6 nitrogen and oxygen atoms in total. The summed E-state index contributed by atoms with van der Waals surface area (Å²) in [5, 5.41) is 11.5. The molecule has 0 saturated carbocycles. The average molecular weight is 350 g/mol. The SMILES string of the molecule is CC(=O)Nc1ccc(SC(C)C(=O)N2CCC[C@H](C(=O)O)C2)cc1. The third-order valence-corrected chi connectivity index (χ3v) is 5.02. The third-order valence-electron chi connectivity index (χ3n) is 3.92. The van der Waals surface area contributed by atoms with E-state index in [0.717, 1.165) is 11.3 Å². The Kier molecular flexibility index (Phi) is 6.25. The number of hydrogen-bond acceptors (Lipinski definition) is 4. The molecule has 2 amide bonds. The second-order valence-corrected chi connectivity index (χ2v) is 7.34. The summed E-state index contributed by atoms with van der Waals surface area (Å²) < 4.78 is 0. The molecule has 1 aromatic carbocycles. The van der Waals surface area contributed by atoms with Crippen LogP contribution in [0.1, 0.15) is 26.7 Å². The molecule has 1 unspecified atom stereocenters. The fourth-order valence-corrected chi connectivity index (χ4v) is 3.66. The third kappa shape index (κ3) is 4.99. The van der Waals surface area contributed by atoms with Crippen LogP contribution in [-0.4, -0.2) is 46.1 Å². The smallest absolute Gasteiger partial charge is 0.308 e. The molecule has 0 radical (unpaired) electrons. The lowest BCUT2D eigenvalue weighted by Gasteiger charge is -2.32. The first-order chi connectivity index (χ1) is 11.4. The summed E-state index contributed by atoms with van der Waals surface area (Å²) >= 11 is 1.43. The molecule has 1 aliphatic heterocycles. The van der Waals surface area contributed by atoms with Crippen molar-refractivity contribution < 1.29 is 19.5 Å². The van der Waals surface area contributed by atoms with Gasteiger partial charge >= 0.3 is 5.97 Å². The summed E-state index contributed by atoms with van der Waals surface area (Å²) in [6.45, 7) is 4.20. The van der Waals surface area contributed by atoms with Gasteiger partial charge in [-0.2, -0.15) is 0 Å². The van der Waals surface area contributed by atoms with Gasteiger partial charge in [-0.25, -0.2) is 0 Å². The molecule has 0 aromatic heterocycles. The van der Waals surface area contributed by atoms with Crippen LogP contribution in [0.3, 0.4) is 0 Å². The number of nitrogens with one attached hydrogen (secondary N) is 1. The van der Waals surface area contributed by atoms with Crippen molar-refractivity contribution >= 4 is 35.2 Å². The molecule has 2 atom stereocenters. The number of nitrogens with zero attached hydrogens (tertiary/aromatic N) is 1. The molecular formula is C17H22N2O4S. The van der Waals surface area contributed by atoms with Crippen LogP contribution in [0.2, 0.25) is 0 Å². The number of likely N-dealkylation sites (tertiary alicyclic amines) is 1. The number of amides is 2. The maximum Gasteiger partial charge on any atom is 0.308 e. The number of aliphatic carboxylic acids is 1. The standard InChI is InChI=1S/C17H22N2O4S/c1-11(16(21)19-9-3-4-13(10-19)17(22)23)24-15-7-5-14(6-8-15)18-12(2)20/h5-8,11,13H,3-4,9-10H2,1-2H3,(H,18,20)(H,22,23)/t11?,13-/m0/s1. The van der Waals surface area contributed by atoms with Crippen LogP contribution in [0, 0.1) is 5.92 Å². The van der Waals surface area contributed by atoms with Gasteiger partial charge in [0.2, 0.25) is 11.8 Å². The van der Waals surface area contributed by atoms with E-state index < -0.39 is 11.9 Å². The van der Waals surface area contributed by atoms with Gasteiger partial charge in [0.1, 0.15) is 0 Å². The first-order valence-electron chi connectivity index (χ1n) is 7.92. The lowest BCUT2D eigenvalue weighted by atomic mass is 9.98. The molecule has 2 rings (SSSR count). The minimum atomic E-state index is -0.832. The predicted molar refractivity (Wildman–Crippen MR) is 93.0 cm³/mol. The fraction of sp³-hybridized carbons (Fsp3) is 0.471. The molecule has 0 bridgehead atoms. The van der Waals surface area contributed by atoms with Crippen LogP contribution < -0.4 is 5.32 Å². The molecule has 2 N–H and O–H groups in total. The van der Waals surface area contributed by atoms with Gasteiger partial charge in [0.15, 0.2) is 0 Å². The quantitative estimate of drug-likeness (QED) is 0.797. The number of anilines is 1. The van der Waals surface area contributed by atoms with Gasteiger partial charge in [0.05, 0.1) is 11.2 Å². The predicted octanol–water partition coefficient (Wildman–Crippen LogP) is 2.45. The lowest BCUT2D eigenvalue weighted by molar-refractivity contribution is -0.145. The highest BCUT2D eigenvalue weighted by molar-refractivity contribution is 8.00. The number of hydrogen-bond donors (Lipinski definition) is 2. The van der Waals surface area contributed by atoms with Crippen LogP contribution in [0.5, 0.6) is 0 Å². The number of thioether (sulfide) groups is 1. The molecule has 1 fully saturated rings. The van der Waals surface area contributed by atoms with Gasteiger partial charge in [-0.1, -0.05) is 0 Å². The molecule has 130 valence electrons. The highest BCUT2D eigenvalue weighted by Crippen LogP contribution is 2.27. The van der Waals surface area contributed by atoms with E-state index in [9.17, 15) is 14.4 Å². The van der Waals surface area contributed by atoms with Gasteiger partial charge in [-0.15, -0.1) is 11.8 Å². The molecule has 24 heavy (non-hydrogen) atoms. The van der Waals surface area contributed by atoms with E-state index in [2.05, 4.69) is 5.32 Å². The van der Waals surface area contributed by atoms with Crippen molar-refractivity contribution in [3.05, 3.63) is 24.3 Å². The monoisotopic (exact) mass is 350 g/mol. The van der Waals surface area contributed by atoms with E-state index in [0.29, 0.717) is 25.2 Å². The Labute approximate surface area is 145 Å². The largest absolute Gasteiger partial charge is 0.481 e. The van der Waals surface area contributed by atoms with Crippen molar-refractivity contribution in [2.75, 3.05) is 18.4 Å². The molecular weight excluding hydrogens is 328 g/mol.